The quantitative estimate of drug-likeness (QED) is 0.816. The van der Waals surface area contributed by atoms with E-state index in [2.05, 4.69) is 0 Å². The fraction of sp³-hybridized carbons (Fsp3) is 0.300. The molecule has 1 aromatic rings. The first-order valence-electron chi connectivity index (χ1n) is 4.13. The Kier molecular flexibility index (Phi) is 3.56. The van der Waals surface area contributed by atoms with Crippen molar-refractivity contribution < 1.29 is 9.50 Å². The fourth-order valence-electron chi connectivity index (χ4n) is 1.18. The highest BCUT2D eigenvalue weighted by atomic mass is 35.5. The monoisotopic (exact) mass is 247 g/mol. The smallest absolute Gasteiger partial charge is 0.142 e. The van der Waals surface area contributed by atoms with Crippen LogP contribution in [0, 0.1) is 17.1 Å². The Balaban J connectivity index is 3.27. The third-order valence-electron chi connectivity index (χ3n) is 2.01. The first-order valence-corrected chi connectivity index (χ1v) is 4.88. The van der Waals surface area contributed by atoms with Crippen LogP contribution in [0.3, 0.4) is 0 Å². The first-order chi connectivity index (χ1) is 6.88. The van der Waals surface area contributed by atoms with Crippen LogP contribution >= 0.6 is 23.2 Å². The molecule has 0 radical (unpaired) electrons. The molecule has 0 fully saturated rings. The van der Waals surface area contributed by atoms with Gasteiger partial charge in [-0.3, -0.25) is 0 Å². The molecule has 1 N–H and O–H groups in total. The normalized spacial score (nSPS) is 14.4. The molecule has 1 unspecified atom stereocenters. The van der Waals surface area contributed by atoms with E-state index in [0.29, 0.717) is 0 Å². The Morgan fingerprint density at radius 3 is 2.60 bits per heavy atom. The van der Waals surface area contributed by atoms with Gasteiger partial charge < -0.3 is 5.11 Å². The average Bonchev–Trinajstić information content (AvgIpc) is 2.11. The van der Waals surface area contributed by atoms with E-state index >= 15 is 0 Å². The third kappa shape index (κ3) is 2.60. The third-order valence-corrected chi connectivity index (χ3v) is 2.62. The molecule has 1 rings (SSSR count). The number of nitriles is 1. The van der Waals surface area contributed by atoms with Gasteiger partial charge >= 0.3 is 0 Å². The van der Waals surface area contributed by atoms with Gasteiger partial charge in [-0.2, -0.15) is 5.26 Å². The van der Waals surface area contributed by atoms with Crippen molar-refractivity contribution in [3.05, 3.63) is 33.6 Å². The predicted molar refractivity (Wildman–Crippen MR) is 56.2 cm³/mol. The topological polar surface area (TPSA) is 44.0 Å². The molecule has 0 saturated carbocycles. The number of hydrogen-bond acceptors (Lipinski definition) is 2. The summed E-state index contributed by atoms with van der Waals surface area (Å²) in [6.45, 7) is 1.39. The second-order valence-corrected chi connectivity index (χ2v) is 4.17. The summed E-state index contributed by atoms with van der Waals surface area (Å²) < 4.78 is 13.1. The van der Waals surface area contributed by atoms with E-state index in [9.17, 15) is 9.50 Å². The van der Waals surface area contributed by atoms with Gasteiger partial charge in [-0.15, -0.1) is 0 Å². The molecule has 0 aliphatic heterocycles. The molecule has 1 aromatic carbocycles. The predicted octanol–water partition coefficient (Wildman–Crippen LogP) is 3.25. The largest absolute Gasteiger partial charge is 0.384 e. The van der Waals surface area contributed by atoms with Gasteiger partial charge in [0.1, 0.15) is 11.4 Å². The maximum atomic E-state index is 13.1. The van der Waals surface area contributed by atoms with E-state index in [0.717, 1.165) is 6.07 Å². The van der Waals surface area contributed by atoms with Crippen LogP contribution in [0.2, 0.25) is 10.0 Å². The van der Waals surface area contributed by atoms with Crippen molar-refractivity contribution in [3.63, 3.8) is 0 Å². The van der Waals surface area contributed by atoms with Crippen molar-refractivity contribution in [1.82, 2.24) is 0 Å². The number of benzene rings is 1. The van der Waals surface area contributed by atoms with Crippen LogP contribution in [-0.2, 0) is 5.60 Å². The summed E-state index contributed by atoms with van der Waals surface area (Å²) >= 11 is 11.3. The number of halogens is 3. The lowest BCUT2D eigenvalue weighted by atomic mass is 9.93. The summed E-state index contributed by atoms with van der Waals surface area (Å²) in [4.78, 5) is 0. The zero-order valence-corrected chi connectivity index (χ0v) is 9.40. The maximum absolute atomic E-state index is 13.1. The van der Waals surface area contributed by atoms with Crippen LogP contribution in [0.5, 0.6) is 0 Å². The lowest BCUT2D eigenvalue weighted by Crippen LogP contribution is -2.21. The summed E-state index contributed by atoms with van der Waals surface area (Å²) in [5.74, 6) is -0.672. The minimum atomic E-state index is -1.47. The van der Waals surface area contributed by atoms with Crippen LogP contribution in [0.25, 0.3) is 0 Å². The zero-order valence-electron chi connectivity index (χ0n) is 7.89. The summed E-state index contributed by atoms with van der Waals surface area (Å²) in [5.41, 5.74) is -1.32. The van der Waals surface area contributed by atoms with Crippen molar-refractivity contribution in [1.29, 1.82) is 5.26 Å². The molecule has 80 valence electrons. The van der Waals surface area contributed by atoms with Gasteiger partial charge in [-0.1, -0.05) is 23.2 Å². The molecule has 0 aliphatic carbocycles. The summed E-state index contributed by atoms with van der Waals surface area (Å²) in [6, 6.07) is 4.06. The molecule has 2 nitrogen and oxygen atoms in total. The lowest BCUT2D eigenvalue weighted by molar-refractivity contribution is 0.0622. The molecule has 1 atom stereocenters. The van der Waals surface area contributed by atoms with E-state index in [4.69, 9.17) is 28.5 Å². The van der Waals surface area contributed by atoms with E-state index in [1.54, 1.807) is 6.07 Å². The molecule has 0 saturated heterocycles. The second kappa shape index (κ2) is 4.36. The van der Waals surface area contributed by atoms with Crippen molar-refractivity contribution in [2.24, 2.45) is 0 Å². The second-order valence-electron chi connectivity index (χ2n) is 3.35. The highest BCUT2D eigenvalue weighted by molar-refractivity contribution is 6.35. The molecule has 0 amide bonds. The molecular formula is C10H8Cl2FNO. The lowest BCUT2D eigenvalue weighted by Gasteiger charge is -2.21. The molecule has 0 aromatic heterocycles. The minimum absolute atomic E-state index is 0.114. The van der Waals surface area contributed by atoms with Crippen molar-refractivity contribution in [2.75, 3.05) is 0 Å². The fourth-order valence-corrected chi connectivity index (χ4v) is 1.77. The Labute approximate surface area is 96.9 Å². The van der Waals surface area contributed by atoms with Crippen LogP contribution in [0.1, 0.15) is 18.9 Å². The molecule has 5 heteroatoms. The first kappa shape index (κ1) is 12.3. The molecule has 0 bridgehead atoms. The van der Waals surface area contributed by atoms with E-state index in [-0.39, 0.29) is 22.0 Å². The summed E-state index contributed by atoms with van der Waals surface area (Å²) in [7, 11) is 0. The van der Waals surface area contributed by atoms with Crippen molar-refractivity contribution in [3.8, 4) is 6.07 Å². The highest BCUT2D eigenvalue weighted by Gasteiger charge is 2.26. The van der Waals surface area contributed by atoms with Gasteiger partial charge in [0.15, 0.2) is 0 Å². The van der Waals surface area contributed by atoms with Crippen LogP contribution in [-0.4, -0.2) is 5.11 Å². The number of hydrogen-bond donors (Lipinski definition) is 1. The minimum Gasteiger partial charge on any atom is -0.384 e. The molecule has 15 heavy (non-hydrogen) atoms. The molecule has 0 aliphatic rings. The van der Waals surface area contributed by atoms with E-state index < -0.39 is 11.4 Å². The zero-order chi connectivity index (χ0) is 11.6. The number of rotatable bonds is 2. The Morgan fingerprint density at radius 1 is 1.47 bits per heavy atom. The van der Waals surface area contributed by atoms with Crippen LogP contribution < -0.4 is 0 Å². The van der Waals surface area contributed by atoms with Gasteiger partial charge in [-0.25, -0.2) is 4.39 Å². The molecule has 0 heterocycles. The van der Waals surface area contributed by atoms with Gasteiger partial charge in [-0.05, 0) is 19.1 Å². The summed E-state index contributed by atoms with van der Waals surface area (Å²) in [6.07, 6.45) is -0.173. The molecule has 0 spiro atoms. The highest BCUT2D eigenvalue weighted by Crippen LogP contribution is 2.33. The summed E-state index contributed by atoms with van der Waals surface area (Å²) in [5, 5.41) is 18.4. The van der Waals surface area contributed by atoms with Gasteiger partial charge in [0.25, 0.3) is 0 Å². The maximum Gasteiger partial charge on any atom is 0.142 e. The van der Waals surface area contributed by atoms with Crippen LogP contribution in [0.15, 0.2) is 12.1 Å². The number of aliphatic hydroxyl groups is 1. The van der Waals surface area contributed by atoms with Crippen molar-refractivity contribution >= 4 is 23.2 Å². The standard InChI is InChI=1S/C10H8Cl2FNO/c1-10(15,2-3-14)6-4-9(13)8(12)5-7(6)11/h4-5,15H,2H2,1H3. The SMILES string of the molecule is CC(O)(CC#N)c1cc(F)c(Cl)cc1Cl. The van der Waals surface area contributed by atoms with E-state index in [1.807, 2.05) is 0 Å². The molecular weight excluding hydrogens is 240 g/mol. The van der Waals surface area contributed by atoms with Gasteiger partial charge in [0, 0.05) is 10.6 Å². The Bertz CT molecular complexity index is 426. The average molecular weight is 248 g/mol. The Morgan fingerprint density at radius 2 is 2.07 bits per heavy atom. The van der Waals surface area contributed by atoms with Crippen LogP contribution in [0.4, 0.5) is 4.39 Å². The van der Waals surface area contributed by atoms with Crippen molar-refractivity contribution in [2.45, 2.75) is 18.9 Å². The number of nitrogens with zero attached hydrogens (tertiary/aromatic N) is 1. The van der Waals surface area contributed by atoms with Gasteiger partial charge in [0.2, 0.25) is 0 Å². The van der Waals surface area contributed by atoms with E-state index in [1.165, 1.54) is 13.0 Å². The van der Waals surface area contributed by atoms with Gasteiger partial charge in [0.05, 0.1) is 17.5 Å². The Hall–Kier alpha value is -0.820.